The van der Waals surface area contributed by atoms with Crippen molar-refractivity contribution in [3.63, 3.8) is 0 Å². The lowest BCUT2D eigenvalue weighted by atomic mass is 10.1. The van der Waals surface area contributed by atoms with Crippen LogP contribution in [0.15, 0.2) is 94.6 Å². The van der Waals surface area contributed by atoms with Crippen molar-refractivity contribution in [3.8, 4) is 0 Å². The molecule has 1 aromatic heterocycles. The second-order valence-corrected chi connectivity index (χ2v) is 7.40. The van der Waals surface area contributed by atoms with E-state index in [9.17, 15) is 9.59 Å². The molecular weight excluding hydrogens is 386 g/mol. The van der Waals surface area contributed by atoms with Crippen LogP contribution in [-0.2, 0) is 16.3 Å². The van der Waals surface area contributed by atoms with E-state index in [1.165, 1.54) is 11.8 Å². The van der Waals surface area contributed by atoms with Crippen molar-refractivity contribution in [3.05, 3.63) is 101 Å². The lowest BCUT2D eigenvalue weighted by Crippen LogP contribution is -2.27. The third-order valence-electron chi connectivity index (χ3n) is 4.27. The molecule has 0 aliphatic heterocycles. The summed E-state index contributed by atoms with van der Waals surface area (Å²) in [6.07, 6.45) is 0. The van der Waals surface area contributed by atoms with Gasteiger partial charge in [0.2, 0.25) is 0 Å². The van der Waals surface area contributed by atoms with Gasteiger partial charge < -0.3 is 4.74 Å². The molecule has 0 aliphatic carbocycles. The maximum Gasteiger partial charge on any atom is 0.325 e. The molecule has 1 atom stereocenters. The van der Waals surface area contributed by atoms with Gasteiger partial charge in [-0.3, -0.25) is 9.59 Å². The first-order chi connectivity index (χ1) is 14.2. The van der Waals surface area contributed by atoms with Gasteiger partial charge in [-0.05, 0) is 29.8 Å². The molecule has 0 saturated heterocycles. The number of thioether (sulfide) groups is 1. The first kappa shape index (κ1) is 18.9. The Balaban J connectivity index is 1.55. The second-order valence-electron chi connectivity index (χ2n) is 6.23. The molecule has 4 aromatic rings. The molecule has 0 aliphatic rings. The molecule has 0 radical (unpaired) electrons. The van der Waals surface area contributed by atoms with Crippen molar-refractivity contribution in [2.75, 3.05) is 0 Å². The minimum absolute atomic E-state index is 0.297. The number of hydrogen-bond donors (Lipinski definition) is 0. The maximum atomic E-state index is 12.9. The van der Waals surface area contributed by atoms with E-state index in [0.717, 1.165) is 15.1 Å². The lowest BCUT2D eigenvalue weighted by Gasteiger charge is -2.16. The summed E-state index contributed by atoms with van der Waals surface area (Å²) in [5.74, 6) is -0.452. The summed E-state index contributed by atoms with van der Waals surface area (Å²) in [5, 5.41) is 7.73. The number of hydrogen-bond acceptors (Lipinski definition) is 6. The largest absolute Gasteiger partial charge is 0.441 e. The highest BCUT2D eigenvalue weighted by Crippen LogP contribution is 2.36. The van der Waals surface area contributed by atoms with E-state index >= 15 is 0 Å². The molecule has 0 amide bonds. The van der Waals surface area contributed by atoms with Gasteiger partial charge in [-0.2, -0.15) is 4.68 Å². The molecule has 1 heterocycles. The molecule has 0 N–H and O–H groups in total. The summed E-state index contributed by atoms with van der Waals surface area (Å²) in [7, 11) is 0. The first-order valence-corrected chi connectivity index (χ1v) is 9.86. The molecule has 6 nitrogen and oxygen atoms in total. The van der Waals surface area contributed by atoms with Crippen molar-refractivity contribution in [1.82, 2.24) is 15.0 Å². The third kappa shape index (κ3) is 4.35. The standard InChI is InChI=1S/C22H17N3O3S/c26-21-18-13-7-8-14-19(18)23-24-25(21)15-28-22(27)20(16-9-3-1-4-10-16)29-17-11-5-2-6-12-17/h1-14,20H,15H2/t20-/m0/s1. The average Bonchev–Trinajstić information content (AvgIpc) is 2.78. The van der Waals surface area contributed by atoms with Gasteiger partial charge in [0.15, 0.2) is 6.73 Å². The van der Waals surface area contributed by atoms with Crippen molar-refractivity contribution in [1.29, 1.82) is 0 Å². The molecule has 144 valence electrons. The van der Waals surface area contributed by atoms with Crippen LogP contribution in [-0.4, -0.2) is 21.0 Å². The predicted molar refractivity (Wildman–Crippen MR) is 111 cm³/mol. The molecule has 0 spiro atoms. The molecule has 0 unspecified atom stereocenters. The van der Waals surface area contributed by atoms with E-state index < -0.39 is 11.2 Å². The number of esters is 1. The van der Waals surface area contributed by atoms with Crippen molar-refractivity contribution in [2.45, 2.75) is 16.9 Å². The summed E-state index contributed by atoms with van der Waals surface area (Å²) in [6, 6.07) is 25.9. The minimum Gasteiger partial charge on any atom is -0.441 e. The Bertz CT molecular complexity index is 1180. The Labute approximate surface area is 171 Å². The number of benzene rings is 3. The summed E-state index contributed by atoms with van der Waals surface area (Å²) < 4.78 is 6.50. The van der Waals surface area contributed by atoms with Crippen LogP contribution in [0.2, 0.25) is 0 Å². The predicted octanol–water partition coefficient (Wildman–Crippen LogP) is 3.83. The number of aromatic nitrogens is 3. The van der Waals surface area contributed by atoms with Crippen LogP contribution in [0.5, 0.6) is 0 Å². The van der Waals surface area contributed by atoms with E-state index in [4.69, 9.17) is 4.74 Å². The molecule has 3 aromatic carbocycles. The Morgan fingerprint density at radius 2 is 1.59 bits per heavy atom. The number of ether oxygens (including phenoxy) is 1. The Kier molecular flexibility index (Phi) is 5.67. The smallest absolute Gasteiger partial charge is 0.325 e. The maximum absolute atomic E-state index is 12.9. The zero-order valence-electron chi connectivity index (χ0n) is 15.3. The van der Waals surface area contributed by atoms with Gasteiger partial charge in [0, 0.05) is 4.90 Å². The molecule has 7 heteroatoms. The fraction of sp³-hybridized carbons (Fsp3) is 0.0909. The van der Waals surface area contributed by atoms with E-state index in [1.807, 2.05) is 60.7 Å². The van der Waals surface area contributed by atoms with Gasteiger partial charge in [-0.15, -0.1) is 16.9 Å². The summed E-state index contributed by atoms with van der Waals surface area (Å²) >= 11 is 1.39. The van der Waals surface area contributed by atoms with Crippen molar-refractivity contribution in [2.24, 2.45) is 0 Å². The Morgan fingerprint density at radius 1 is 0.931 bits per heavy atom. The van der Waals surface area contributed by atoms with Crippen LogP contribution in [0.4, 0.5) is 0 Å². The highest BCUT2D eigenvalue weighted by Gasteiger charge is 2.24. The molecular formula is C22H17N3O3S. The number of nitrogens with zero attached hydrogens (tertiary/aromatic N) is 3. The topological polar surface area (TPSA) is 74.1 Å². The van der Waals surface area contributed by atoms with Crippen molar-refractivity contribution < 1.29 is 9.53 Å². The van der Waals surface area contributed by atoms with Crippen LogP contribution < -0.4 is 5.56 Å². The zero-order chi connectivity index (χ0) is 20.1. The summed E-state index contributed by atoms with van der Waals surface area (Å²) in [6.45, 7) is -0.297. The second kappa shape index (κ2) is 8.70. The highest BCUT2D eigenvalue weighted by atomic mass is 32.2. The zero-order valence-corrected chi connectivity index (χ0v) is 16.2. The van der Waals surface area contributed by atoms with Crippen molar-refractivity contribution >= 4 is 28.6 Å². The number of fused-ring (bicyclic) bond motifs is 1. The SMILES string of the molecule is O=C(OCn1nnc2ccccc2c1=O)[C@@H](Sc1ccccc1)c1ccccc1. The van der Waals surface area contributed by atoms with Gasteiger partial charge in [0.05, 0.1) is 5.39 Å². The number of carbonyl (C=O) groups excluding carboxylic acids is 1. The number of rotatable bonds is 6. The highest BCUT2D eigenvalue weighted by molar-refractivity contribution is 8.00. The van der Waals surface area contributed by atoms with E-state index in [-0.39, 0.29) is 12.3 Å². The fourth-order valence-corrected chi connectivity index (χ4v) is 3.87. The van der Waals surface area contributed by atoms with E-state index in [0.29, 0.717) is 10.9 Å². The van der Waals surface area contributed by atoms with Crippen LogP contribution in [0.1, 0.15) is 10.8 Å². The minimum atomic E-state index is -0.567. The quantitative estimate of drug-likeness (QED) is 0.360. The molecule has 0 fully saturated rings. The Hall–Kier alpha value is -3.45. The van der Waals surface area contributed by atoms with Crippen LogP contribution >= 0.6 is 11.8 Å². The van der Waals surface area contributed by atoms with Crippen LogP contribution in [0.25, 0.3) is 10.9 Å². The number of carbonyl (C=O) groups is 1. The fourth-order valence-electron chi connectivity index (χ4n) is 2.82. The molecule has 29 heavy (non-hydrogen) atoms. The summed E-state index contributed by atoms with van der Waals surface area (Å²) in [4.78, 5) is 26.4. The van der Waals surface area contributed by atoms with Gasteiger partial charge in [0.1, 0.15) is 10.8 Å². The lowest BCUT2D eigenvalue weighted by molar-refractivity contribution is -0.147. The molecule has 0 saturated carbocycles. The monoisotopic (exact) mass is 403 g/mol. The molecule has 4 rings (SSSR count). The van der Waals surface area contributed by atoms with Crippen LogP contribution in [0, 0.1) is 0 Å². The van der Waals surface area contributed by atoms with E-state index in [1.54, 1.807) is 24.3 Å². The van der Waals surface area contributed by atoms with Gasteiger partial charge in [-0.25, -0.2) is 0 Å². The average molecular weight is 403 g/mol. The third-order valence-corrected chi connectivity index (χ3v) is 5.52. The van der Waals surface area contributed by atoms with Gasteiger partial charge in [-0.1, -0.05) is 65.9 Å². The Morgan fingerprint density at radius 3 is 2.34 bits per heavy atom. The van der Waals surface area contributed by atoms with Gasteiger partial charge >= 0.3 is 5.97 Å². The first-order valence-electron chi connectivity index (χ1n) is 8.98. The normalized spacial score (nSPS) is 11.9. The molecule has 0 bridgehead atoms. The van der Waals surface area contributed by atoms with Crippen LogP contribution in [0.3, 0.4) is 0 Å². The van der Waals surface area contributed by atoms with E-state index in [2.05, 4.69) is 10.3 Å². The van der Waals surface area contributed by atoms with Gasteiger partial charge in [0.25, 0.3) is 5.56 Å². The summed E-state index contributed by atoms with van der Waals surface area (Å²) in [5.41, 5.74) is 0.973.